The zero-order valence-corrected chi connectivity index (χ0v) is 13.0. The standard InChI is InChI=1S/C17H23N3O/c1-17(2,3)16-18-15(19-21-16)12-20(14-9-10-14)11-13-7-5-4-6-8-13/h4-8,14H,9-12H2,1-3H3. The molecule has 2 aromatic rings. The van der Waals surface area contributed by atoms with Gasteiger partial charge < -0.3 is 4.52 Å². The lowest BCUT2D eigenvalue weighted by Crippen LogP contribution is -2.25. The van der Waals surface area contributed by atoms with Crippen molar-refractivity contribution in [2.45, 2.75) is 58.2 Å². The molecule has 0 saturated heterocycles. The molecular formula is C17H23N3O. The van der Waals surface area contributed by atoms with Crippen LogP contribution in [0.2, 0.25) is 0 Å². The second-order valence-electron chi connectivity index (χ2n) is 6.89. The zero-order valence-electron chi connectivity index (χ0n) is 13.0. The van der Waals surface area contributed by atoms with E-state index in [1.165, 1.54) is 18.4 Å². The van der Waals surface area contributed by atoms with E-state index in [4.69, 9.17) is 4.52 Å². The van der Waals surface area contributed by atoms with Crippen molar-refractivity contribution in [3.05, 3.63) is 47.6 Å². The van der Waals surface area contributed by atoms with E-state index < -0.39 is 0 Å². The van der Waals surface area contributed by atoms with Crippen LogP contribution in [0.3, 0.4) is 0 Å². The Morgan fingerprint density at radius 3 is 2.43 bits per heavy atom. The highest BCUT2D eigenvalue weighted by molar-refractivity contribution is 5.15. The Labute approximate surface area is 126 Å². The predicted molar refractivity (Wildman–Crippen MR) is 81.7 cm³/mol. The Kier molecular flexibility index (Phi) is 3.81. The Bertz CT molecular complexity index is 582. The molecule has 0 unspecified atom stereocenters. The van der Waals surface area contributed by atoms with Crippen LogP contribution < -0.4 is 0 Å². The highest BCUT2D eigenvalue weighted by atomic mass is 16.5. The molecular weight excluding hydrogens is 262 g/mol. The lowest BCUT2D eigenvalue weighted by Gasteiger charge is -2.20. The van der Waals surface area contributed by atoms with Gasteiger partial charge in [-0.05, 0) is 18.4 Å². The average Bonchev–Trinajstić information content (AvgIpc) is 3.17. The third-order valence-corrected chi connectivity index (χ3v) is 3.75. The van der Waals surface area contributed by atoms with Crippen LogP contribution in [0, 0.1) is 0 Å². The summed E-state index contributed by atoms with van der Waals surface area (Å²) in [5, 5.41) is 4.15. The van der Waals surface area contributed by atoms with Gasteiger partial charge in [0.05, 0.1) is 6.54 Å². The van der Waals surface area contributed by atoms with Crippen LogP contribution in [-0.4, -0.2) is 21.1 Å². The van der Waals surface area contributed by atoms with Gasteiger partial charge >= 0.3 is 0 Å². The second kappa shape index (κ2) is 5.60. The Balaban J connectivity index is 1.69. The number of hydrogen-bond donors (Lipinski definition) is 0. The topological polar surface area (TPSA) is 42.2 Å². The average molecular weight is 285 g/mol. The molecule has 0 bridgehead atoms. The SMILES string of the molecule is CC(C)(C)c1nc(CN(Cc2ccccc2)C2CC2)no1. The second-order valence-corrected chi connectivity index (χ2v) is 6.89. The Hall–Kier alpha value is -1.68. The van der Waals surface area contributed by atoms with Crippen LogP contribution >= 0.6 is 0 Å². The molecule has 1 aliphatic rings. The van der Waals surface area contributed by atoms with Gasteiger partial charge in [0.25, 0.3) is 0 Å². The van der Waals surface area contributed by atoms with Crippen LogP contribution in [-0.2, 0) is 18.5 Å². The summed E-state index contributed by atoms with van der Waals surface area (Å²) in [6, 6.07) is 11.2. The first-order valence-electron chi connectivity index (χ1n) is 7.63. The number of rotatable bonds is 5. The molecule has 1 fully saturated rings. The van der Waals surface area contributed by atoms with Crippen molar-refractivity contribution >= 4 is 0 Å². The van der Waals surface area contributed by atoms with Crippen molar-refractivity contribution < 1.29 is 4.52 Å². The highest BCUT2D eigenvalue weighted by Crippen LogP contribution is 2.30. The number of aromatic nitrogens is 2. The van der Waals surface area contributed by atoms with Gasteiger partial charge in [0.2, 0.25) is 5.89 Å². The van der Waals surface area contributed by atoms with Crippen molar-refractivity contribution in [2.24, 2.45) is 0 Å². The molecule has 4 nitrogen and oxygen atoms in total. The Morgan fingerprint density at radius 2 is 1.86 bits per heavy atom. The van der Waals surface area contributed by atoms with Gasteiger partial charge in [0.1, 0.15) is 0 Å². The van der Waals surface area contributed by atoms with Gasteiger partial charge in [0, 0.05) is 18.0 Å². The van der Waals surface area contributed by atoms with Crippen LogP contribution in [0.5, 0.6) is 0 Å². The van der Waals surface area contributed by atoms with Gasteiger partial charge in [0.15, 0.2) is 5.82 Å². The fourth-order valence-electron chi connectivity index (χ4n) is 2.38. The van der Waals surface area contributed by atoms with E-state index in [1.807, 2.05) is 0 Å². The predicted octanol–water partition coefficient (Wildman–Crippen LogP) is 3.53. The molecule has 0 aliphatic heterocycles. The van der Waals surface area contributed by atoms with Gasteiger partial charge in [-0.25, -0.2) is 0 Å². The maximum atomic E-state index is 5.39. The lowest BCUT2D eigenvalue weighted by atomic mass is 9.97. The molecule has 1 saturated carbocycles. The first-order chi connectivity index (χ1) is 10.0. The maximum absolute atomic E-state index is 5.39. The van der Waals surface area contributed by atoms with Crippen molar-refractivity contribution in [1.29, 1.82) is 0 Å². The third kappa shape index (κ3) is 3.70. The largest absolute Gasteiger partial charge is 0.339 e. The fraction of sp³-hybridized carbons (Fsp3) is 0.529. The maximum Gasteiger partial charge on any atom is 0.232 e. The van der Waals surface area contributed by atoms with E-state index >= 15 is 0 Å². The number of hydrogen-bond acceptors (Lipinski definition) is 4. The third-order valence-electron chi connectivity index (χ3n) is 3.75. The summed E-state index contributed by atoms with van der Waals surface area (Å²) in [7, 11) is 0. The van der Waals surface area contributed by atoms with E-state index in [2.05, 4.69) is 66.1 Å². The zero-order chi connectivity index (χ0) is 14.9. The molecule has 3 rings (SSSR count). The van der Waals surface area contributed by atoms with Crippen molar-refractivity contribution in [2.75, 3.05) is 0 Å². The van der Waals surface area contributed by atoms with E-state index in [-0.39, 0.29) is 5.41 Å². The number of nitrogens with zero attached hydrogens (tertiary/aromatic N) is 3. The van der Waals surface area contributed by atoms with Gasteiger partial charge in [-0.2, -0.15) is 4.98 Å². The molecule has 0 atom stereocenters. The summed E-state index contributed by atoms with van der Waals surface area (Å²) >= 11 is 0. The highest BCUT2D eigenvalue weighted by Gasteiger charge is 2.30. The molecule has 1 heterocycles. The van der Waals surface area contributed by atoms with E-state index in [1.54, 1.807) is 0 Å². The summed E-state index contributed by atoms with van der Waals surface area (Å²) in [6.07, 6.45) is 2.55. The molecule has 1 aliphatic carbocycles. The lowest BCUT2D eigenvalue weighted by molar-refractivity contribution is 0.234. The van der Waals surface area contributed by atoms with Gasteiger partial charge in [-0.3, -0.25) is 4.90 Å². The minimum absolute atomic E-state index is 0.0882. The molecule has 1 aromatic heterocycles. The summed E-state index contributed by atoms with van der Waals surface area (Å²) < 4.78 is 5.39. The smallest absolute Gasteiger partial charge is 0.232 e. The molecule has 0 radical (unpaired) electrons. The van der Waals surface area contributed by atoms with Gasteiger partial charge in [-0.15, -0.1) is 0 Å². The normalized spacial score (nSPS) is 15.6. The summed E-state index contributed by atoms with van der Waals surface area (Å²) in [5.41, 5.74) is 1.25. The minimum Gasteiger partial charge on any atom is -0.339 e. The Morgan fingerprint density at radius 1 is 1.14 bits per heavy atom. The quantitative estimate of drug-likeness (QED) is 0.842. The first-order valence-corrected chi connectivity index (χ1v) is 7.63. The van der Waals surface area contributed by atoms with Crippen molar-refractivity contribution in [1.82, 2.24) is 15.0 Å². The molecule has 0 amide bonds. The van der Waals surface area contributed by atoms with Gasteiger partial charge in [-0.1, -0.05) is 56.3 Å². The van der Waals surface area contributed by atoms with Crippen LogP contribution in [0.25, 0.3) is 0 Å². The molecule has 4 heteroatoms. The van der Waals surface area contributed by atoms with Crippen molar-refractivity contribution in [3.8, 4) is 0 Å². The molecule has 1 aromatic carbocycles. The fourth-order valence-corrected chi connectivity index (χ4v) is 2.38. The van der Waals surface area contributed by atoms with E-state index in [0.29, 0.717) is 11.9 Å². The molecule has 0 spiro atoms. The van der Waals surface area contributed by atoms with E-state index in [9.17, 15) is 0 Å². The first kappa shape index (κ1) is 14.3. The van der Waals surface area contributed by atoms with Crippen LogP contribution in [0.4, 0.5) is 0 Å². The van der Waals surface area contributed by atoms with E-state index in [0.717, 1.165) is 18.9 Å². The van der Waals surface area contributed by atoms with Crippen molar-refractivity contribution in [3.63, 3.8) is 0 Å². The molecule has 21 heavy (non-hydrogen) atoms. The number of benzene rings is 1. The summed E-state index contributed by atoms with van der Waals surface area (Å²) in [5.74, 6) is 1.51. The summed E-state index contributed by atoms with van der Waals surface area (Å²) in [6.45, 7) is 7.98. The summed E-state index contributed by atoms with van der Waals surface area (Å²) in [4.78, 5) is 7.00. The molecule has 0 N–H and O–H groups in total. The minimum atomic E-state index is -0.0882. The monoisotopic (exact) mass is 285 g/mol. The van der Waals surface area contributed by atoms with Crippen LogP contribution in [0.15, 0.2) is 34.9 Å². The van der Waals surface area contributed by atoms with Crippen LogP contribution in [0.1, 0.15) is 50.9 Å². The molecule has 112 valence electrons.